The molecule has 1 aromatic carbocycles. The van der Waals surface area contributed by atoms with Crippen LogP contribution in [0.15, 0.2) is 18.2 Å². The molecule has 1 N–H and O–H groups in total. The zero-order chi connectivity index (χ0) is 15.5. The lowest BCUT2D eigenvalue weighted by molar-refractivity contribution is -0.385. The number of nitrogens with one attached hydrogen (secondary N) is 1. The average Bonchev–Trinajstić information content (AvgIpc) is 2.95. The number of benzene rings is 1. The van der Waals surface area contributed by atoms with Crippen LogP contribution in [-0.4, -0.2) is 28.8 Å². The molecule has 114 valence electrons. The molecule has 6 nitrogen and oxygen atoms in total. The summed E-state index contributed by atoms with van der Waals surface area (Å²) in [7, 11) is 1.33. The number of alkyl halides is 1. The summed E-state index contributed by atoms with van der Waals surface area (Å²) in [6, 6.07) is 4.36. The topological polar surface area (TPSA) is 81.5 Å². The van der Waals surface area contributed by atoms with E-state index >= 15 is 0 Å². The molecule has 0 saturated heterocycles. The normalized spacial score (nSPS) is 16.5. The van der Waals surface area contributed by atoms with Crippen LogP contribution in [0.2, 0.25) is 0 Å². The van der Waals surface area contributed by atoms with Gasteiger partial charge in [-0.15, -0.1) is 0 Å². The van der Waals surface area contributed by atoms with E-state index in [0.29, 0.717) is 5.33 Å². The van der Waals surface area contributed by atoms with Crippen LogP contribution in [0.1, 0.15) is 36.0 Å². The first-order valence-corrected chi connectivity index (χ1v) is 7.85. The minimum Gasteiger partial charge on any atom is -0.490 e. The third-order valence-corrected chi connectivity index (χ3v) is 4.91. The van der Waals surface area contributed by atoms with E-state index in [0.717, 1.165) is 25.7 Å². The molecule has 7 heteroatoms. The van der Waals surface area contributed by atoms with Crippen LogP contribution in [0.25, 0.3) is 0 Å². The zero-order valence-corrected chi connectivity index (χ0v) is 13.3. The molecular weight excluding hydrogens is 340 g/mol. The second-order valence-corrected chi connectivity index (χ2v) is 5.75. The second kappa shape index (κ2) is 6.43. The number of nitrogens with zero attached hydrogens (tertiary/aromatic N) is 1. The number of hydrogen-bond acceptors (Lipinski definition) is 4. The van der Waals surface area contributed by atoms with Gasteiger partial charge in [0.15, 0.2) is 0 Å². The Morgan fingerprint density at radius 3 is 2.67 bits per heavy atom. The minimum absolute atomic E-state index is 0.00252. The smallest absolute Gasteiger partial charge is 0.311 e. The predicted octanol–water partition coefficient (Wildman–Crippen LogP) is 3.04. The van der Waals surface area contributed by atoms with Gasteiger partial charge in [0.05, 0.1) is 23.1 Å². The third kappa shape index (κ3) is 3.18. The summed E-state index contributed by atoms with van der Waals surface area (Å²) in [5.74, 6) is -0.334. The molecule has 0 heterocycles. The maximum Gasteiger partial charge on any atom is 0.311 e. The van der Waals surface area contributed by atoms with E-state index in [-0.39, 0.29) is 28.4 Å². The first-order valence-electron chi connectivity index (χ1n) is 6.73. The number of methoxy groups -OCH3 is 1. The Morgan fingerprint density at radius 1 is 1.48 bits per heavy atom. The number of amides is 1. The molecule has 0 radical (unpaired) electrons. The van der Waals surface area contributed by atoms with Gasteiger partial charge in [-0.1, -0.05) is 34.8 Å². The van der Waals surface area contributed by atoms with Gasteiger partial charge in [0, 0.05) is 11.4 Å². The molecule has 0 atom stereocenters. The van der Waals surface area contributed by atoms with Crippen LogP contribution >= 0.6 is 15.9 Å². The lowest BCUT2D eigenvalue weighted by Gasteiger charge is -2.28. The number of rotatable bonds is 5. The van der Waals surface area contributed by atoms with Crippen LogP contribution in [0.5, 0.6) is 5.75 Å². The number of carbonyl (C=O) groups is 1. The Balaban J connectivity index is 2.31. The standard InChI is InChI=1S/C14H17BrN2O4/c1-21-12-10(5-4-6-11(12)17(19)20)13(18)16-14(9-15)7-2-3-8-14/h4-6H,2-3,7-9H2,1H3,(H,16,18). The molecule has 21 heavy (non-hydrogen) atoms. The van der Waals surface area contributed by atoms with Crippen molar-refractivity contribution in [2.75, 3.05) is 12.4 Å². The summed E-state index contributed by atoms with van der Waals surface area (Å²) in [5.41, 5.74) is -0.282. The Hall–Kier alpha value is -1.63. The van der Waals surface area contributed by atoms with Gasteiger partial charge in [0.25, 0.3) is 5.91 Å². The fourth-order valence-corrected chi connectivity index (χ4v) is 3.41. The van der Waals surface area contributed by atoms with E-state index in [9.17, 15) is 14.9 Å². The van der Waals surface area contributed by atoms with Gasteiger partial charge in [-0.25, -0.2) is 0 Å². The molecular formula is C14H17BrN2O4. The molecule has 0 spiro atoms. The average molecular weight is 357 g/mol. The molecule has 0 aliphatic heterocycles. The molecule has 1 amide bonds. The maximum absolute atomic E-state index is 12.5. The molecule has 2 rings (SSSR count). The van der Waals surface area contributed by atoms with Crippen LogP contribution in [0.4, 0.5) is 5.69 Å². The van der Waals surface area contributed by atoms with Crippen molar-refractivity contribution in [1.29, 1.82) is 0 Å². The SMILES string of the molecule is COc1c(C(=O)NC2(CBr)CCCC2)cccc1[N+](=O)[O-]. The summed E-state index contributed by atoms with van der Waals surface area (Å²) < 4.78 is 5.08. The number of nitro benzene ring substituents is 1. The zero-order valence-electron chi connectivity index (χ0n) is 11.7. The number of halogens is 1. The first-order chi connectivity index (χ1) is 10.0. The molecule has 1 fully saturated rings. The first kappa shape index (κ1) is 15.8. The monoisotopic (exact) mass is 356 g/mol. The number of carbonyl (C=O) groups excluding carboxylic acids is 1. The molecule has 0 unspecified atom stereocenters. The van der Waals surface area contributed by atoms with Crippen molar-refractivity contribution >= 4 is 27.5 Å². The largest absolute Gasteiger partial charge is 0.490 e. The van der Waals surface area contributed by atoms with Crippen molar-refractivity contribution in [2.45, 2.75) is 31.2 Å². The van der Waals surface area contributed by atoms with Crippen LogP contribution in [0.3, 0.4) is 0 Å². The Kier molecular flexibility index (Phi) is 4.82. The van der Waals surface area contributed by atoms with Crippen LogP contribution in [-0.2, 0) is 0 Å². The Labute approximate surface area is 131 Å². The van der Waals surface area contributed by atoms with Crippen LogP contribution in [0, 0.1) is 10.1 Å². The maximum atomic E-state index is 12.5. The summed E-state index contributed by atoms with van der Waals surface area (Å²) in [4.78, 5) is 22.9. The van der Waals surface area contributed by atoms with Gasteiger partial charge in [-0.2, -0.15) is 0 Å². The highest BCUT2D eigenvalue weighted by molar-refractivity contribution is 9.09. The van der Waals surface area contributed by atoms with Gasteiger partial charge in [-0.3, -0.25) is 14.9 Å². The van der Waals surface area contributed by atoms with Crippen LogP contribution < -0.4 is 10.1 Å². The molecule has 1 saturated carbocycles. The van der Waals surface area contributed by atoms with E-state index < -0.39 is 4.92 Å². The molecule has 1 aliphatic rings. The molecule has 0 bridgehead atoms. The highest BCUT2D eigenvalue weighted by Crippen LogP contribution is 2.34. The second-order valence-electron chi connectivity index (χ2n) is 5.19. The summed E-state index contributed by atoms with van der Waals surface area (Å²) >= 11 is 3.45. The summed E-state index contributed by atoms with van der Waals surface area (Å²) in [6.45, 7) is 0. The van der Waals surface area contributed by atoms with Crippen molar-refractivity contribution in [3.63, 3.8) is 0 Å². The molecule has 1 aromatic rings. The van der Waals surface area contributed by atoms with Gasteiger partial charge in [0.1, 0.15) is 0 Å². The molecule has 0 aromatic heterocycles. The fraction of sp³-hybridized carbons (Fsp3) is 0.500. The third-order valence-electron chi connectivity index (χ3n) is 3.83. The molecule has 1 aliphatic carbocycles. The highest BCUT2D eigenvalue weighted by Gasteiger charge is 2.35. The number of nitro groups is 1. The van der Waals surface area contributed by atoms with E-state index in [1.54, 1.807) is 0 Å². The van der Waals surface area contributed by atoms with Gasteiger partial charge >= 0.3 is 5.69 Å². The fourth-order valence-electron chi connectivity index (χ4n) is 2.71. The number of para-hydroxylation sites is 1. The lowest BCUT2D eigenvalue weighted by Crippen LogP contribution is -2.47. The van der Waals surface area contributed by atoms with E-state index in [1.165, 1.54) is 25.3 Å². The van der Waals surface area contributed by atoms with Crippen molar-refractivity contribution < 1.29 is 14.5 Å². The number of ether oxygens (including phenoxy) is 1. The van der Waals surface area contributed by atoms with E-state index in [4.69, 9.17) is 4.74 Å². The van der Waals surface area contributed by atoms with Gasteiger partial charge < -0.3 is 10.1 Å². The highest BCUT2D eigenvalue weighted by atomic mass is 79.9. The Bertz CT molecular complexity index is 556. The van der Waals surface area contributed by atoms with Crippen molar-refractivity contribution in [3.05, 3.63) is 33.9 Å². The van der Waals surface area contributed by atoms with Gasteiger partial charge in [-0.05, 0) is 18.9 Å². The Morgan fingerprint density at radius 2 is 2.14 bits per heavy atom. The van der Waals surface area contributed by atoms with Crippen molar-refractivity contribution in [3.8, 4) is 5.75 Å². The summed E-state index contributed by atoms with van der Waals surface area (Å²) in [5, 5.41) is 14.7. The van der Waals surface area contributed by atoms with E-state index in [2.05, 4.69) is 21.2 Å². The lowest BCUT2D eigenvalue weighted by atomic mass is 9.99. The quantitative estimate of drug-likeness (QED) is 0.499. The predicted molar refractivity (Wildman–Crippen MR) is 82.1 cm³/mol. The van der Waals surface area contributed by atoms with Crippen molar-refractivity contribution in [2.24, 2.45) is 0 Å². The number of hydrogen-bond donors (Lipinski definition) is 1. The minimum atomic E-state index is -0.550. The van der Waals surface area contributed by atoms with Crippen molar-refractivity contribution in [1.82, 2.24) is 5.32 Å². The van der Waals surface area contributed by atoms with E-state index in [1.807, 2.05) is 0 Å². The van der Waals surface area contributed by atoms with Gasteiger partial charge in [0.2, 0.25) is 5.75 Å². The summed E-state index contributed by atoms with van der Waals surface area (Å²) in [6.07, 6.45) is 3.94.